The number of nitrogens with zero attached hydrogens (tertiary/aromatic N) is 1. The van der Waals surface area contributed by atoms with Crippen LogP contribution in [0.5, 0.6) is 0 Å². The van der Waals surface area contributed by atoms with Gasteiger partial charge in [0.1, 0.15) is 0 Å². The number of nitrogens with one attached hydrogen (secondary N) is 1. The molecule has 1 atom stereocenters. The molecule has 1 aromatic carbocycles. The van der Waals surface area contributed by atoms with Crippen LogP contribution < -0.4 is 5.32 Å². The van der Waals surface area contributed by atoms with Gasteiger partial charge in [-0.2, -0.15) is 0 Å². The highest BCUT2D eigenvalue weighted by molar-refractivity contribution is 5.78. The molecule has 0 saturated carbocycles. The molecule has 2 heterocycles. The van der Waals surface area contributed by atoms with Gasteiger partial charge in [-0.1, -0.05) is 30.3 Å². The van der Waals surface area contributed by atoms with E-state index in [4.69, 9.17) is 9.47 Å². The highest BCUT2D eigenvalue weighted by atomic mass is 16.5. The molecule has 1 aromatic rings. The lowest BCUT2D eigenvalue weighted by Crippen LogP contribution is -2.49. The number of rotatable bonds is 5. The molecule has 0 aromatic heterocycles. The molecular weight excluding hydrogens is 304 g/mol. The molecule has 132 valence electrons. The second-order valence-corrected chi connectivity index (χ2v) is 6.95. The molecule has 0 aliphatic carbocycles. The summed E-state index contributed by atoms with van der Waals surface area (Å²) in [4.78, 5) is 14.6. The maximum atomic E-state index is 12.4. The molecule has 0 bridgehead atoms. The number of carbonyl (C=O) groups is 1. The molecular formula is C19H28N2O3. The van der Waals surface area contributed by atoms with E-state index in [1.165, 1.54) is 5.56 Å². The van der Waals surface area contributed by atoms with E-state index in [9.17, 15) is 4.79 Å². The minimum Gasteiger partial charge on any atom is -0.381 e. The molecule has 0 spiro atoms. The number of carbonyl (C=O) groups excluding carboxylic acids is 1. The van der Waals surface area contributed by atoms with Gasteiger partial charge >= 0.3 is 0 Å². The van der Waals surface area contributed by atoms with Gasteiger partial charge in [-0.3, -0.25) is 9.69 Å². The number of amides is 1. The molecule has 1 unspecified atom stereocenters. The van der Waals surface area contributed by atoms with E-state index in [-0.39, 0.29) is 17.4 Å². The maximum Gasteiger partial charge on any atom is 0.234 e. The van der Waals surface area contributed by atoms with Crippen molar-refractivity contribution in [3.8, 4) is 0 Å². The number of benzene rings is 1. The van der Waals surface area contributed by atoms with Crippen molar-refractivity contribution in [2.75, 3.05) is 46.0 Å². The van der Waals surface area contributed by atoms with Gasteiger partial charge < -0.3 is 14.8 Å². The highest BCUT2D eigenvalue weighted by Crippen LogP contribution is 2.34. The van der Waals surface area contributed by atoms with Crippen LogP contribution in [0.1, 0.15) is 25.3 Å². The van der Waals surface area contributed by atoms with Crippen LogP contribution in [0.25, 0.3) is 0 Å². The van der Waals surface area contributed by atoms with E-state index in [1.54, 1.807) is 0 Å². The monoisotopic (exact) mass is 332 g/mol. The molecule has 3 rings (SSSR count). The van der Waals surface area contributed by atoms with Crippen LogP contribution in [0.3, 0.4) is 0 Å². The molecule has 5 nitrogen and oxygen atoms in total. The molecule has 5 heteroatoms. The fourth-order valence-corrected chi connectivity index (χ4v) is 3.68. The molecule has 24 heavy (non-hydrogen) atoms. The van der Waals surface area contributed by atoms with E-state index >= 15 is 0 Å². The van der Waals surface area contributed by atoms with Gasteiger partial charge in [0.15, 0.2) is 0 Å². The molecule has 1 amide bonds. The Hall–Kier alpha value is -1.43. The minimum absolute atomic E-state index is 0.00648. The van der Waals surface area contributed by atoms with Gasteiger partial charge in [-0.05, 0) is 25.3 Å². The second-order valence-electron chi connectivity index (χ2n) is 6.95. The number of hydrogen-bond acceptors (Lipinski definition) is 4. The molecule has 2 aliphatic rings. The second kappa shape index (κ2) is 8.10. The lowest BCUT2D eigenvalue weighted by Gasteiger charge is -2.38. The Morgan fingerprint density at radius 1 is 1.25 bits per heavy atom. The van der Waals surface area contributed by atoms with Gasteiger partial charge in [-0.15, -0.1) is 0 Å². The fraction of sp³-hybridized carbons (Fsp3) is 0.632. The van der Waals surface area contributed by atoms with Crippen molar-refractivity contribution in [2.45, 2.75) is 31.3 Å². The third-order valence-corrected chi connectivity index (χ3v) is 5.15. The van der Waals surface area contributed by atoms with Crippen LogP contribution in [0.15, 0.2) is 30.3 Å². The van der Waals surface area contributed by atoms with Crippen molar-refractivity contribution < 1.29 is 14.3 Å². The van der Waals surface area contributed by atoms with E-state index in [0.29, 0.717) is 19.7 Å². The first-order chi connectivity index (χ1) is 11.7. The number of hydrogen-bond donors (Lipinski definition) is 1. The largest absolute Gasteiger partial charge is 0.381 e. The number of ether oxygens (including phenoxy) is 2. The Balaban J connectivity index is 1.58. The molecule has 2 aliphatic heterocycles. The van der Waals surface area contributed by atoms with Crippen molar-refractivity contribution in [3.63, 3.8) is 0 Å². The Kier molecular flexibility index (Phi) is 5.87. The van der Waals surface area contributed by atoms with Crippen molar-refractivity contribution in [2.24, 2.45) is 0 Å². The third kappa shape index (κ3) is 4.35. The van der Waals surface area contributed by atoms with E-state index < -0.39 is 0 Å². The van der Waals surface area contributed by atoms with Crippen LogP contribution >= 0.6 is 0 Å². The standard InChI is InChI=1S/C19H28N2O3/c1-16-13-21(9-12-24-16)14-18(22)20-15-19(7-10-23-11-8-19)17-5-3-2-4-6-17/h2-6,16H,7-15H2,1H3,(H,20,22). The van der Waals surface area contributed by atoms with E-state index in [0.717, 1.165) is 39.1 Å². The molecule has 2 fully saturated rings. The van der Waals surface area contributed by atoms with Gasteiger partial charge in [0.05, 0.1) is 19.3 Å². The Labute approximate surface area is 144 Å². The Bertz CT molecular complexity index is 529. The topological polar surface area (TPSA) is 50.8 Å². The zero-order valence-electron chi connectivity index (χ0n) is 14.5. The summed E-state index contributed by atoms with van der Waals surface area (Å²) in [6, 6.07) is 10.5. The minimum atomic E-state index is -0.00648. The van der Waals surface area contributed by atoms with Crippen LogP contribution in [-0.2, 0) is 19.7 Å². The van der Waals surface area contributed by atoms with Crippen molar-refractivity contribution >= 4 is 5.91 Å². The highest BCUT2D eigenvalue weighted by Gasteiger charge is 2.34. The van der Waals surface area contributed by atoms with Crippen molar-refractivity contribution in [3.05, 3.63) is 35.9 Å². The quantitative estimate of drug-likeness (QED) is 0.889. The predicted octanol–water partition coefficient (Wildman–Crippen LogP) is 1.57. The first kappa shape index (κ1) is 17.4. The summed E-state index contributed by atoms with van der Waals surface area (Å²) >= 11 is 0. The van der Waals surface area contributed by atoms with Gasteiger partial charge in [0.25, 0.3) is 0 Å². The van der Waals surface area contributed by atoms with Gasteiger partial charge in [0.2, 0.25) is 5.91 Å². The summed E-state index contributed by atoms with van der Waals surface area (Å²) in [5, 5.41) is 3.18. The lowest BCUT2D eigenvalue weighted by atomic mass is 9.74. The van der Waals surface area contributed by atoms with Crippen LogP contribution in [0.4, 0.5) is 0 Å². The van der Waals surface area contributed by atoms with Gasteiger partial charge in [-0.25, -0.2) is 0 Å². The maximum absolute atomic E-state index is 12.4. The molecule has 1 N–H and O–H groups in total. The number of morpholine rings is 1. The Morgan fingerprint density at radius 2 is 2.00 bits per heavy atom. The fourth-order valence-electron chi connectivity index (χ4n) is 3.68. The van der Waals surface area contributed by atoms with Crippen molar-refractivity contribution in [1.82, 2.24) is 10.2 Å². The SMILES string of the molecule is CC1CN(CC(=O)NCC2(c3ccccc3)CCOCC2)CCO1. The third-order valence-electron chi connectivity index (χ3n) is 5.15. The smallest absolute Gasteiger partial charge is 0.234 e. The van der Waals surface area contributed by atoms with Crippen LogP contribution in [0, 0.1) is 0 Å². The molecule has 2 saturated heterocycles. The zero-order chi connectivity index (χ0) is 16.8. The Morgan fingerprint density at radius 3 is 2.71 bits per heavy atom. The normalized spacial score (nSPS) is 24.5. The predicted molar refractivity (Wildman–Crippen MR) is 93.0 cm³/mol. The summed E-state index contributed by atoms with van der Waals surface area (Å²) in [5.74, 6) is 0.103. The first-order valence-corrected chi connectivity index (χ1v) is 8.92. The van der Waals surface area contributed by atoms with E-state index in [1.807, 2.05) is 6.07 Å². The summed E-state index contributed by atoms with van der Waals surface area (Å²) in [6.45, 7) is 7.06. The van der Waals surface area contributed by atoms with Crippen molar-refractivity contribution in [1.29, 1.82) is 0 Å². The summed E-state index contributed by atoms with van der Waals surface area (Å²) in [6.07, 6.45) is 2.11. The summed E-state index contributed by atoms with van der Waals surface area (Å²) < 4.78 is 11.1. The average Bonchev–Trinajstić information content (AvgIpc) is 2.62. The average molecular weight is 332 g/mol. The summed E-state index contributed by atoms with van der Waals surface area (Å²) in [7, 11) is 0. The van der Waals surface area contributed by atoms with Gasteiger partial charge in [0, 0.05) is 38.3 Å². The lowest BCUT2D eigenvalue weighted by molar-refractivity contribution is -0.124. The van der Waals surface area contributed by atoms with Crippen LogP contribution in [0.2, 0.25) is 0 Å². The molecule has 0 radical (unpaired) electrons. The summed E-state index contributed by atoms with van der Waals surface area (Å²) in [5.41, 5.74) is 1.29. The first-order valence-electron chi connectivity index (χ1n) is 8.92. The zero-order valence-corrected chi connectivity index (χ0v) is 14.5. The van der Waals surface area contributed by atoms with Crippen LogP contribution in [-0.4, -0.2) is 62.9 Å². The van der Waals surface area contributed by atoms with E-state index in [2.05, 4.69) is 41.4 Å².